The summed E-state index contributed by atoms with van der Waals surface area (Å²) in [5.41, 5.74) is 9.72. The number of guanidine groups is 1. The standard InChI is InChI=1S/C13H21N5.HI/c1-10-4-3-5-11(2)12(10)17-6-8-18(9-7-17)13(14)16-15;/h3-5H,6-9,15H2,1-2H3,(H2,14,16);1H. The third-order valence-electron chi connectivity index (χ3n) is 3.49. The summed E-state index contributed by atoms with van der Waals surface area (Å²) in [7, 11) is 0. The molecule has 6 heteroatoms. The van der Waals surface area contributed by atoms with E-state index in [1.165, 1.54) is 16.8 Å². The number of aryl methyl sites for hydroxylation is 2. The van der Waals surface area contributed by atoms with E-state index in [4.69, 9.17) is 11.6 Å². The van der Waals surface area contributed by atoms with Crippen LogP contribution in [0.3, 0.4) is 0 Å². The predicted octanol–water partition coefficient (Wildman–Crippen LogP) is 1.23. The summed E-state index contributed by atoms with van der Waals surface area (Å²) in [6.45, 7) is 7.93. The van der Waals surface area contributed by atoms with E-state index in [0.29, 0.717) is 5.96 Å². The Morgan fingerprint density at radius 2 is 1.63 bits per heavy atom. The Morgan fingerprint density at radius 1 is 1.11 bits per heavy atom. The van der Waals surface area contributed by atoms with Gasteiger partial charge in [0.2, 0.25) is 5.96 Å². The first-order valence-electron chi connectivity index (χ1n) is 6.23. The molecule has 1 heterocycles. The quantitative estimate of drug-likeness (QED) is 0.255. The third kappa shape index (κ3) is 3.43. The van der Waals surface area contributed by atoms with Crippen molar-refractivity contribution >= 4 is 35.6 Å². The highest BCUT2D eigenvalue weighted by Crippen LogP contribution is 2.25. The molecule has 1 aromatic carbocycles. The van der Waals surface area contributed by atoms with Crippen LogP contribution in [0.4, 0.5) is 5.69 Å². The molecule has 0 amide bonds. The first-order valence-corrected chi connectivity index (χ1v) is 6.23. The topological polar surface area (TPSA) is 70.9 Å². The van der Waals surface area contributed by atoms with E-state index < -0.39 is 0 Å². The number of rotatable bonds is 1. The molecular formula is C13H22IN5. The number of hydrogen-bond donors (Lipinski definition) is 2. The summed E-state index contributed by atoms with van der Waals surface area (Å²) in [5.74, 6) is 5.63. The van der Waals surface area contributed by atoms with Crippen molar-refractivity contribution in [1.29, 1.82) is 0 Å². The molecule has 106 valence electrons. The van der Waals surface area contributed by atoms with Crippen molar-refractivity contribution in [1.82, 2.24) is 4.90 Å². The first-order chi connectivity index (χ1) is 8.63. The second kappa shape index (κ2) is 6.83. The van der Waals surface area contributed by atoms with Gasteiger partial charge < -0.3 is 21.4 Å². The highest BCUT2D eigenvalue weighted by Gasteiger charge is 2.20. The van der Waals surface area contributed by atoms with Crippen molar-refractivity contribution in [2.24, 2.45) is 16.7 Å². The van der Waals surface area contributed by atoms with Crippen LogP contribution in [0.5, 0.6) is 0 Å². The van der Waals surface area contributed by atoms with Crippen molar-refractivity contribution in [3.63, 3.8) is 0 Å². The maximum Gasteiger partial charge on any atom is 0.213 e. The third-order valence-corrected chi connectivity index (χ3v) is 3.49. The molecule has 0 saturated carbocycles. The summed E-state index contributed by atoms with van der Waals surface area (Å²) in [4.78, 5) is 4.43. The summed E-state index contributed by atoms with van der Waals surface area (Å²) in [6.07, 6.45) is 0. The average Bonchev–Trinajstić information content (AvgIpc) is 2.38. The van der Waals surface area contributed by atoms with Gasteiger partial charge in [-0.15, -0.1) is 29.1 Å². The molecule has 0 atom stereocenters. The van der Waals surface area contributed by atoms with Gasteiger partial charge >= 0.3 is 0 Å². The lowest BCUT2D eigenvalue weighted by molar-refractivity contribution is 0.380. The largest absolute Gasteiger partial charge is 0.368 e. The van der Waals surface area contributed by atoms with E-state index in [1.54, 1.807) is 0 Å². The fraction of sp³-hybridized carbons (Fsp3) is 0.462. The van der Waals surface area contributed by atoms with E-state index in [0.717, 1.165) is 26.2 Å². The lowest BCUT2D eigenvalue weighted by atomic mass is 10.1. The molecular weight excluding hydrogens is 353 g/mol. The SMILES string of the molecule is Cc1cccc(C)c1N1CCN(/C(N)=N/N)CC1.I. The summed E-state index contributed by atoms with van der Waals surface area (Å²) < 4.78 is 0. The second-order valence-corrected chi connectivity index (χ2v) is 4.70. The molecule has 5 nitrogen and oxygen atoms in total. The Balaban J connectivity index is 0.00000180. The Bertz CT molecular complexity index is 432. The molecule has 1 aliphatic rings. The average molecular weight is 375 g/mol. The minimum atomic E-state index is 0. The van der Waals surface area contributed by atoms with Crippen molar-refractivity contribution in [3.05, 3.63) is 29.3 Å². The Labute approximate surface area is 131 Å². The molecule has 19 heavy (non-hydrogen) atoms. The van der Waals surface area contributed by atoms with Gasteiger partial charge in [-0.3, -0.25) is 0 Å². The zero-order valence-corrected chi connectivity index (χ0v) is 13.8. The van der Waals surface area contributed by atoms with E-state index in [9.17, 15) is 0 Å². The second-order valence-electron chi connectivity index (χ2n) is 4.70. The molecule has 0 aromatic heterocycles. The van der Waals surface area contributed by atoms with Crippen LogP contribution < -0.4 is 16.5 Å². The molecule has 1 aliphatic heterocycles. The minimum Gasteiger partial charge on any atom is -0.368 e. The van der Waals surface area contributed by atoms with Crippen LogP contribution in [-0.2, 0) is 0 Å². The van der Waals surface area contributed by atoms with Gasteiger partial charge in [-0.2, -0.15) is 0 Å². The summed E-state index contributed by atoms with van der Waals surface area (Å²) >= 11 is 0. The Kier molecular flexibility index (Phi) is 5.71. The monoisotopic (exact) mass is 375 g/mol. The summed E-state index contributed by atoms with van der Waals surface area (Å²) in [6, 6.07) is 6.41. The Hall–Kier alpha value is -1.18. The van der Waals surface area contributed by atoms with Crippen LogP contribution in [0.15, 0.2) is 23.3 Å². The van der Waals surface area contributed by atoms with E-state index in [-0.39, 0.29) is 24.0 Å². The molecule has 0 radical (unpaired) electrons. The van der Waals surface area contributed by atoms with E-state index in [1.807, 2.05) is 4.90 Å². The number of nitrogens with zero attached hydrogens (tertiary/aromatic N) is 3. The number of hydrogen-bond acceptors (Lipinski definition) is 3. The first kappa shape index (κ1) is 15.9. The summed E-state index contributed by atoms with van der Waals surface area (Å²) in [5, 5.41) is 3.55. The fourth-order valence-corrected chi connectivity index (χ4v) is 2.55. The molecule has 0 aliphatic carbocycles. The van der Waals surface area contributed by atoms with Crippen molar-refractivity contribution < 1.29 is 0 Å². The number of nitrogens with two attached hydrogens (primary N) is 2. The van der Waals surface area contributed by atoms with Gasteiger partial charge in [0.1, 0.15) is 0 Å². The number of piperazine rings is 1. The lowest BCUT2D eigenvalue weighted by Gasteiger charge is -2.37. The van der Waals surface area contributed by atoms with Crippen LogP contribution in [0.1, 0.15) is 11.1 Å². The number of anilines is 1. The van der Waals surface area contributed by atoms with Gasteiger partial charge in [0.15, 0.2) is 0 Å². The zero-order chi connectivity index (χ0) is 13.1. The highest BCUT2D eigenvalue weighted by molar-refractivity contribution is 14.0. The van der Waals surface area contributed by atoms with Crippen molar-refractivity contribution in [3.8, 4) is 0 Å². The molecule has 0 spiro atoms. The van der Waals surface area contributed by atoms with Crippen molar-refractivity contribution in [2.75, 3.05) is 31.1 Å². The minimum absolute atomic E-state index is 0. The van der Waals surface area contributed by atoms with Crippen LogP contribution in [-0.4, -0.2) is 37.0 Å². The van der Waals surface area contributed by atoms with Gasteiger partial charge in [-0.05, 0) is 25.0 Å². The number of halogens is 1. The molecule has 1 saturated heterocycles. The van der Waals surface area contributed by atoms with E-state index in [2.05, 4.69) is 42.0 Å². The predicted molar refractivity (Wildman–Crippen MR) is 90.9 cm³/mol. The van der Waals surface area contributed by atoms with Gasteiger partial charge in [0, 0.05) is 31.9 Å². The number of hydrazone groups is 1. The smallest absolute Gasteiger partial charge is 0.213 e. The molecule has 1 aromatic rings. The molecule has 4 N–H and O–H groups in total. The van der Waals surface area contributed by atoms with Crippen LogP contribution in [0.2, 0.25) is 0 Å². The van der Waals surface area contributed by atoms with Gasteiger partial charge in [-0.1, -0.05) is 18.2 Å². The lowest BCUT2D eigenvalue weighted by Crippen LogP contribution is -2.51. The highest BCUT2D eigenvalue weighted by atomic mass is 127. The molecule has 0 unspecified atom stereocenters. The van der Waals surface area contributed by atoms with Crippen LogP contribution >= 0.6 is 24.0 Å². The molecule has 0 bridgehead atoms. The number of para-hydroxylation sites is 1. The maximum atomic E-state index is 5.72. The molecule has 1 fully saturated rings. The fourth-order valence-electron chi connectivity index (χ4n) is 2.55. The Morgan fingerprint density at radius 3 is 2.11 bits per heavy atom. The van der Waals surface area contributed by atoms with Crippen LogP contribution in [0, 0.1) is 13.8 Å². The van der Waals surface area contributed by atoms with Gasteiger partial charge in [-0.25, -0.2) is 0 Å². The maximum absolute atomic E-state index is 5.72. The van der Waals surface area contributed by atoms with Gasteiger partial charge in [0.05, 0.1) is 0 Å². The molecule has 2 rings (SSSR count). The van der Waals surface area contributed by atoms with E-state index >= 15 is 0 Å². The van der Waals surface area contributed by atoms with Crippen LogP contribution in [0.25, 0.3) is 0 Å². The zero-order valence-electron chi connectivity index (χ0n) is 11.5. The van der Waals surface area contributed by atoms with Gasteiger partial charge in [0.25, 0.3) is 0 Å². The normalized spacial score (nSPS) is 16.2. The van der Waals surface area contributed by atoms with Crippen molar-refractivity contribution in [2.45, 2.75) is 13.8 Å². The number of benzene rings is 1.